The van der Waals surface area contributed by atoms with Crippen LogP contribution in [0, 0.1) is 12.7 Å². The van der Waals surface area contributed by atoms with Crippen molar-refractivity contribution in [3.8, 4) is 5.88 Å². The first-order valence-electron chi connectivity index (χ1n) is 8.65. The van der Waals surface area contributed by atoms with E-state index in [1.807, 2.05) is 12.1 Å². The summed E-state index contributed by atoms with van der Waals surface area (Å²) >= 11 is 0. The van der Waals surface area contributed by atoms with Gasteiger partial charge in [-0.15, -0.1) is 0 Å². The molecule has 3 rings (SSSR count). The maximum absolute atomic E-state index is 14.4. The Hall–Kier alpha value is -2.27. The third kappa shape index (κ3) is 4.04. The fourth-order valence-electron chi connectivity index (χ4n) is 3.21. The number of Topliss-reactive ketones (excluding diaryl/α,β-unsaturated/α-hetero) is 1. The molecular formula is C20H23FN2O2. The summed E-state index contributed by atoms with van der Waals surface area (Å²) in [6.07, 6.45) is 2.11. The number of aromatic nitrogens is 1. The molecule has 0 bridgehead atoms. The molecule has 132 valence electrons. The van der Waals surface area contributed by atoms with Gasteiger partial charge in [-0.25, -0.2) is 9.37 Å². The highest BCUT2D eigenvalue weighted by Crippen LogP contribution is 2.26. The van der Waals surface area contributed by atoms with Crippen LogP contribution < -0.4 is 10.1 Å². The van der Waals surface area contributed by atoms with Crippen LogP contribution in [0.5, 0.6) is 5.88 Å². The van der Waals surface area contributed by atoms with Gasteiger partial charge in [-0.2, -0.15) is 0 Å². The van der Waals surface area contributed by atoms with Crippen LogP contribution in [0.4, 0.5) is 4.39 Å². The number of rotatable bonds is 5. The molecule has 0 saturated carbocycles. The lowest BCUT2D eigenvalue weighted by Crippen LogP contribution is -2.27. The minimum absolute atomic E-state index is 0.00883. The van der Waals surface area contributed by atoms with E-state index in [-0.39, 0.29) is 18.2 Å². The third-order valence-corrected chi connectivity index (χ3v) is 4.68. The predicted molar refractivity (Wildman–Crippen MR) is 94.6 cm³/mol. The van der Waals surface area contributed by atoms with Gasteiger partial charge in [-0.05, 0) is 51.4 Å². The number of ketones is 1. The van der Waals surface area contributed by atoms with E-state index in [4.69, 9.17) is 4.74 Å². The third-order valence-electron chi connectivity index (χ3n) is 4.68. The van der Waals surface area contributed by atoms with Crippen molar-refractivity contribution in [2.75, 3.05) is 13.1 Å². The summed E-state index contributed by atoms with van der Waals surface area (Å²) in [4.78, 5) is 16.3. The fourth-order valence-corrected chi connectivity index (χ4v) is 3.21. The smallest absolute Gasteiger partial charge is 0.213 e. The number of carbonyl (C=O) groups is 1. The van der Waals surface area contributed by atoms with Crippen molar-refractivity contribution < 1.29 is 13.9 Å². The average molecular weight is 342 g/mol. The molecule has 25 heavy (non-hydrogen) atoms. The fraction of sp³-hybridized carbons (Fsp3) is 0.400. The Kier molecular flexibility index (Phi) is 5.43. The van der Waals surface area contributed by atoms with Crippen LogP contribution in [0.15, 0.2) is 30.3 Å². The molecule has 1 N–H and O–H groups in total. The van der Waals surface area contributed by atoms with Gasteiger partial charge in [0.15, 0.2) is 5.78 Å². The van der Waals surface area contributed by atoms with Gasteiger partial charge < -0.3 is 10.1 Å². The lowest BCUT2D eigenvalue weighted by Gasteiger charge is -2.22. The molecule has 5 heteroatoms. The van der Waals surface area contributed by atoms with E-state index in [0.29, 0.717) is 28.5 Å². The van der Waals surface area contributed by atoms with Crippen LogP contribution in [-0.4, -0.2) is 23.9 Å². The van der Waals surface area contributed by atoms with E-state index in [9.17, 15) is 9.18 Å². The van der Waals surface area contributed by atoms with Crippen LogP contribution in [0.3, 0.4) is 0 Å². The number of carbonyl (C=O) groups excluding carboxylic acids is 1. The predicted octanol–water partition coefficient (Wildman–Crippen LogP) is 3.78. The highest BCUT2D eigenvalue weighted by Gasteiger charge is 2.18. The zero-order valence-electron chi connectivity index (χ0n) is 14.6. The molecule has 1 aliphatic rings. The molecule has 1 saturated heterocycles. The highest BCUT2D eigenvalue weighted by atomic mass is 19.1. The molecule has 0 aliphatic carbocycles. The summed E-state index contributed by atoms with van der Waals surface area (Å²) in [6.45, 7) is 5.09. The van der Waals surface area contributed by atoms with Crippen LogP contribution >= 0.6 is 0 Å². The first-order chi connectivity index (χ1) is 12.1. The van der Waals surface area contributed by atoms with Gasteiger partial charge in [0.2, 0.25) is 5.88 Å². The average Bonchev–Trinajstić information content (AvgIpc) is 2.63. The van der Waals surface area contributed by atoms with Crippen molar-refractivity contribution in [1.82, 2.24) is 10.3 Å². The number of ether oxygens (including phenoxy) is 1. The van der Waals surface area contributed by atoms with Crippen LogP contribution in [0.25, 0.3) is 0 Å². The van der Waals surface area contributed by atoms with E-state index in [0.717, 1.165) is 31.6 Å². The molecule has 2 aromatic rings. The van der Waals surface area contributed by atoms with Gasteiger partial charge in [0.25, 0.3) is 0 Å². The van der Waals surface area contributed by atoms with Gasteiger partial charge in [0.1, 0.15) is 12.4 Å². The van der Waals surface area contributed by atoms with Gasteiger partial charge in [-0.1, -0.05) is 18.2 Å². The number of aryl methyl sites for hydroxylation is 1. The van der Waals surface area contributed by atoms with Crippen molar-refractivity contribution in [2.24, 2.45) is 0 Å². The second kappa shape index (κ2) is 7.74. The summed E-state index contributed by atoms with van der Waals surface area (Å²) in [5, 5.41) is 3.34. The highest BCUT2D eigenvalue weighted by molar-refractivity contribution is 5.95. The summed E-state index contributed by atoms with van der Waals surface area (Å²) in [5.74, 6) is 0.329. The monoisotopic (exact) mass is 342 g/mol. The maximum Gasteiger partial charge on any atom is 0.213 e. The van der Waals surface area contributed by atoms with E-state index in [1.54, 1.807) is 25.1 Å². The number of halogens is 1. The van der Waals surface area contributed by atoms with E-state index >= 15 is 0 Å². The number of hydrogen-bond acceptors (Lipinski definition) is 4. The number of nitrogens with one attached hydrogen (secondary N) is 1. The van der Waals surface area contributed by atoms with Gasteiger partial charge in [-0.3, -0.25) is 4.79 Å². The zero-order chi connectivity index (χ0) is 17.8. The minimum Gasteiger partial charge on any atom is -0.473 e. The summed E-state index contributed by atoms with van der Waals surface area (Å²) in [6, 6.07) is 8.96. The Bertz CT molecular complexity index is 770. The van der Waals surface area contributed by atoms with Crippen LogP contribution in [-0.2, 0) is 6.61 Å². The molecule has 0 spiro atoms. The molecule has 1 fully saturated rings. The van der Waals surface area contributed by atoms with Gasteiger partial charge >= 0.3 is 0 Å². The largest absolute Gasteiger partial charge is 0.473 e. The van der Waals surface area contributed by atoms with Crippen LogP contribution in [0.1, 0.15) is 52.9 Å². The molecule has 2 heterocycles. The number of piperidine rings is 1. The molecule has 0 atom stereocenters. The Morgan fingerprint density at radius 2 is 2.04 bits per heavy atom. The zero-order valence-corrected chi connectivity index (χ0v) is 14.6. The van der Waals surface area contributed by atoms with Gasteiger partial charge in [0, 0.05) is 28.8 Å². The lowest BCUT2D eigenvalue weighted by molar-refractivity contribution is 0.101. The maximum atomic E-state index is 14.4. The Morgan fingerprint density at radius 1 is 1.28 bits per heavy atom. The minimum atomic E-state index is -0.387. The molecule has 0 unspecified atom stereocenters. The van der Waals surface area contributed by atoms with Crippen molar-refractivity contribution in [3.63, 3.8) is 0 Å². The lowest BCUT2D eigenvalue weighted by atomic mass is 9.94. The molecule has 0 radical (unpaired) electrons. The van der Waals surface area contributed by atoms with Crippen LogP contribution in [0.2, 0.25) is 0 Å². The standard InChI is InChI=1S/C20H23FN2O2/c1-13-6-7-16(14(2)24)17(20(13)21)12-25-19-5-3-4-18(23-19)15-8-10-22-11-9-15/h3-7,15,22H,8-12H2,1-2H3. The molecular weight excluding hydrogens is 319 g/mol. The number of nitrogens with zero attached hydrogens (tertiary/aromatic N) is 1. The van der Waals surface area contributed by atoms with E-state index < -0.39 is 0 Å². The first-order valence-corrected chi connectivity index (χ1v) is 8.65. The van der Waals surface area contributed by atoms with Crippen molar-refractivity contribution in [1.29, 1.82) is 0 Å². The quantitative estimate of drug-likeness (QED) is 0.840. The molecule has 4 nitrogen and oxygen atoms in total. The molecule has 1 aliphatic heterocycles. The Balaban J connectivity index is 1.78. The first kappa shape index (κ1) is 17.5. The number of benzene rings is 1. The van der Waals surface area contributed by atoms with Crippen molar-refractivity contribution >= 4 is 5.78 Å². The normalized spacial score (nSPS) is 15.2. The summed E-state index contributed by atoms with van der Waals surface area (Å²) in [7, 11) is 0. The second-order valence-corrected chi connectivity index (χ2v) is 6.49. The Labute approximate surface area is 147 Å². The van der Waals surface area contributed by atoms with Crippen molar-refractivity contribution in [3.05, 3.63) is 58.5 Å². The topological polar surface area (TPSA) is 51.2 Å². The Morgan fingerprint density at radius 3 is 2.76 bits per heavy atom. The number of hydrogen-bond donors (Lipinski definition) is 1. The molecule has 1 aromatic carbocycles. The number of pyridine rings is 1. The van der Waals surface area contributed by atoms with E-state index in [2.05, 4.69) is 10.3 Å². The van der Waals surface area contributed by atoms with Gasteiger partial charge in [0.05, 0.1) is 0 Å². The SMILES string of the molecule is CC(=O)c1ccc(C)c(F)c1COc1cccc(C2CCNCC2)n1. The van der Waals surface area contributed by atoms with Crippen molar-refractivity contribution in [2.45, 2.75) is 39.2 Å². The summed E-state index contributed by atoms with van der Waals surface area (Å²) < 4.78 is 20.2. The molecule has 1 aromatic heterocycles. The molecule has 0 amide bonds. The summed E-state index contributed by atoms with van der Waals surface area (Å²) in [5.41, 5.74) is 2.16. The second-order valence-electron chi connectivity index (χ2n) is 6.49. The van der Waals surface area contributed by atoms with E-state index in [1.165, 1.54) is 6.92 Å².